The molecule has 5 nitrogen and oxygen atoms in total. The highest BCUT2D eigenvalue weighted by atomic mass is 79.9. The number of rotatable bonds is 5. The van der Waals surface area contributed by atoms with E-state index in [4.69, 9.17) is 32.4 Å². The average molecular weight is 471 g/mol. The largest absolute Gasteiger partial charge is 0.482 e. The molecular formula is C13H8Br2Cl2N2O3. The molecule has 2 rings (SSSR count). The lowest BCUT2D eigenvalue weighted by Gasteiger charge is -2.06. The molecule has 0 radical (unpaired) electrons. The van der Waals surface area contributed by atoms with Gasteiger partial charge in [-0.05, 0) is 50.1 Å². The Balaban J connectivity index is 1.83. The predicted octanol–water partition coefficient (Wildman–Crippen LogP) is 4.64. The first-order chi connectivity index (χ1) is 10.5. The maximum Gasteiger partial charge on any atom is 0.277 e. The molecule has 1 N–H and O–H groups in total. The molecule has 2 aromatic rings. The van der Waals surface area contributed by atoms with Gasteiger partial charge in [0.2, 0.25) is 0 Å². The highest BCUT2D eigenvalue weighted by Gasteiger charge is 2.06. The Morgan fingerprint density at radius 3 is 2.77 bits per heavy atom. The van der Waals surface area contributed by atoms with E-state index < -0.39 is 5.91 Å². The van der Waals surface area contributed by atoms with E-state index in [-0.39, 0.29) is 6.61 Å². The minimum atomic E-state index is -0.438. The summed E-state index contributed by atoms with van der Waals surface area (Å²) in [5.41, 5.74) is 2.31. The molecule has 1 heterocycles. The third kappa shape index (κ3) is 5.01. The molecule has 0 bridgehead atoms. The van der Waals surface area contributed by atoms with Crippen LogP contribution in [0.2, 0.25) is 10.0 Å². The Labute approximate surface area is 152 Å². The summed E-state index contributed by atoms with van der Waals surface area (Å²) in [7, 11) is 0. The average Bonchev–Trinajstić information content (AvgIpc) is 2.76. The number of carbonyl (C=O) groups is 1. The van der Waals surface area contributed by atoms with Crippen molar-refractivity contribution in [3.05, 3.63) is 49.2 Å². The summed E-state index contributed by atoms with van der Waals surface area (Å²) in [6.45, 7) is -0.232. The number of hydrogen-bond donors (Lipinski definition) is 1. The minimum Gasteiger partial charge on any atom is -0.482 e. The summed E-state index contributed by atoms with van der Waals surface area (Å²) in [6, 6.07) is 6.43. The van der Waals surface area contributed by atoms with Crippen molar-refractivity contribution in [2.24, 2.45) is 5.10 Å². The summed E-state index contributed by atoms with van der Waals surface area (Å²) < 4.78 is 11.8. The smallest absolute Gasteiger partial charge is 0.277 e. The van der Waals surface area contributed by atoms with Crippen LogP contribution in [0, 0.1) is 0 Å². The topological polar surface area (TPSA) is 63.8 Å². The standard InChI is InChI=1S/C13H8Br2Cl2N2O3/c14-9-4-8(22-13(9)15)5-18-19-12(20)6-21-11-2-1-7(16)3-10(11)17/h1-5H,6H2,(H,19,20)/b18-5-. The molecule has 0 saturated heterocycles. The molecule has 1 aromatic heterocycles. The van der Waals surface area contributed by atoms with E-state index in [1.807, 2.05) is 0 Å². The summed E-state index contributed by atoms with van der Waals surface area (Å²) in [5.74, 6) is 0.400. The van der Waals surface area contributed by atoms with E-state index in [1.54, 1.807) is 18.2 Å². The highest BCUT2D eigenvalue weighted by Crippen LogP contribution is 2.27. The summed E-state index contributed by atoms with van der Waals surface area (Å²) in [6.07, 6.45) is 1.36. The van der Waals surface area contributed by atoms with Gasteiger partial charge >= 0.3 is 0 Å². The maximum atomic E-state index is 11.6. The SMILES string of the molecule is O=C(COc1ccc(Cl)cc1Cl)N/N=C\c1cc(Br)c(Br)o1. The molecule has 0 saturated carbocycles. The molecule has 0 unspecified atom stereocenters. The first-order valence-corrected chi connectivity index (χ1v) is 8.14. The number of halogens is 4. The van der Waals surface area contributed by atoms with E-state index in [9.17, 15) is 4.79 Å². The quantitative estimate of drug-likeness (QED) is 0.511. The van der Waals surface area contributed by atoms with Crippen molar-refractivity contribution in [2.45, 2.75) is 0 Å². The molecule has 0 atom stereocenters. The first-order valence-electron chi connectivity index (χ1n) is 5.80. The van der Waals surface area contributed by atoms with Gasteiger partial charge in [0.25, 0.3) is 5.91 Å². The van der Waals surface area contributed by atoms with Gasteiger partial charge in [0.05, 0.1) is 15.7 Å². The van der Waals surface area contributed by atoms with Crippen LogP contribution in [0.5, 0.6) is 5.75 Å². The maximum absolute atomic E-state index is 11.6. The van der Waals surface area contributed by atoms with E-state index in [0.29, 0.717) is 26.2 Å². The lowest BCUT2D eigenvalue weighted by atomic mass is 10.3. The second-order valence-corrected chi connectivity index (χ2v) is 6.35. The van der Waals surface area contributed by atoms with Gasteiger partial charge in [-0.3, -0.25) is 4.79 Å². The van der Waals surface area contributed by atoms with Gasteiger partial charge < -0.3 is 9.15 Å². The number of hydrogen-bond acceptors (Lipinski definition) is 4. The van der Waals surface area contributed by atoms with Gasteiger partial charge in [-0.15, -0.1) is 0 Å². The molecule has 0 spiro atoms. The molecule has 0 aliphatic rings. The van der Waals surface area contributed by atoms with E-state index in [2.05, 4.69) is 42.4 Å². The normalized spacial score (nSPS) is 10.9. The molecule has 0 aliphatic heterocycles. The van der Waals surface area contributed by atoms with Crippen molar-refractivity contribution >= 4 is 67.2 Å². The van der Waals surface area contributed by atoms with Crippen LogP contribution in [0.3, 0.4) is 0 Å². The van der Waals surface area contributed by atoms with Crippen molar-refractivity contribution in [3.8, 4) is 5.75 Å². The lowest BCUT2D eigenvalue weighted by molar-refractivity contribution is -0.123. The van der Waals surface area contributed by atoms with Crippen LogP contribution < -0.4 is 10.2 Å². The van der Waals surface area contributed by atoms with E-state index >= 15 is 0 Å². The summed E-state index contributed by atoms with van der Waals surface area (Å²) >= 11 is 18.2. The molecule has 9 heteroatoms. The van der Waals surface area contributed by atoms with Gasteiger partial charge in [0.15, 0.2) is 11.3 Å². The predicted molar refractivity (Wildman–Crippen MR) is 91.8 cm³/mol. The van der Waals surface area contributed by atoms with E-state index in [1.165, 1.54) is 12.3 Å². The third-order valence-electron chi connectivity index (χ3n) is 2.30. The van der Waals surface area contributed by atoms with Gasteiger partial charge in [-0.2, -0.15) is 5.10 Å². The summed E-state index contributed by atoms with van der Waals surface area (Å²) in [5, 5.41) is 4.57. The van der Waals surface area contributed by atoms with Crippen LogP contribution in [0.25, 0.3) is 0 Å². The Kier molecular flexibility index (Phi) is 6.31. The number of carbonyl (C=O) groups excluding carboxylic acids is 1. The van der Waals surface area contributed by atoms with Crippen LogP contribution in [0.15, 0.2) is 42.9 Å². The third-order valence-corrected chi connectivity index (χ3v) is 4.54. The number of ether oxygens (including phenoxy) is 1. The van der Waals surface area contributed by atoms with Crippen LogP contribution in [0.4, 0.5) is 0 Å². The van der Waals surface area contributed by atoms with Crippen molar-refractivity contribution in [1.82, 2.24) is 5.43 Å². The molecular weight excluding hydrogens is 463 g/mol. The van der Waals surface area contributed by atoms with Crippen LogP contribution >= 0.6 is 55.1 Å². The number of amides is 1. The van der Waals surface area contributed by atoms with Crippen molar-refractivity contribution in [2.75, 3.05) is 6.61 Å². The Morgan fingerprint density at radius 2 is 2.14 bits per heavy atom. The molecule has 0 fully saturated rings. The first kappa shape index (κ1) is 17.3. The fraction of sp³-hybridized carbons (Fsp3) is 0.0769. The fourth-order valence-corrected chi connectivity index (χ4v) is 2.43. The molecule has 0 aliphatic carbocycles. The van der Waals surface area contributed by atoms with Gasteiger partial charge in [0, 0.05) is 11.1 Å². The minimum absolute atomic E-state index is 0.232. The van der Waals surface area contributed by atoms with Gasteiger partial charge in [-0.1, -0.05) is 23.2 Å². The Hall–Kier alpha value is -1.02. The van der Waals surface area contributed by atoms with Crippen molar-refractivity contribution in [1.29, 1.82) is 0 Å². The van der Waals surface area contributed by atoms with Gasteiger partial charge in [-0.25, -0.2) is 5.43 Å². The van der Waals surface area contributed by atoms with E-state index in [0.717, 1.165) is 4.47 Å². The van der Waals surface area contributed by atoms with Gasteiger partial charge in [0.1, 0.15) is 11.5 Å². The second kappa shape index (κ2) is 8.01. The van der Waals surface area contributed by atoms with Crippen LogP contribution in [-0.4, -0.2) is 18.7 Å². The Bertz CT molecular complexity index is 700. The lowest BCUT2D eigenvalue weighted by Crippen LogP contribution is -2.24. The molecule has 1 amide bonds. The van der Waals surface area contributed by atoms with Crippen molar-refractivity contribution in [3.63, 3.8) is 0 Å². The zero-order chi connectivity index (χ0) is 16.1. The zero-order valence-electron chi connectivity index (χ0n) is 10.8. The highest BCUT2D eigenvalue weighted by molar-refractivity contribution is 9.13. The van der Waals surface area contributed by atoms with Crippen molar-refractivity contribution < 1.29 is 13.9 Å². The van der Waals surface area contributed by atoms with Crippen LogP contribution in [-0.2, 0) is 4.79 Å². The number of nitrogens with one attached hydrogen (secondary N) is 1. The summed E-state index contributed by atoms with van der Waals surface area (Å²) in [4.78, 5) is 11.6. The number of hydrazone groups is 1. The van der Waals surface area contributed by atoms with Crippen LogP contribution in [0.1, 0.15) is 5.76 Å². The second-order valence-electron chi connectivity index (χ2n) is 3.93. The monoisotopic (exact) mass is 468 g/mol. The number of benzene rings is 1. The number of nitrogens with zero attached hydrogens (tertiary/aromatic N) is 1. The Morgan fingerprint density at radius 1 is 1.36 bits per heavy atom. The number of furan rings is 1. The molecule has 116 valence electrons. The fourth-order valence-electron chi connectivity index (χ4n) is 1.36. The zero-order valence-corrected chi connectivity index (χ0v) is 15.5. The molecule has 1 aromatic carbocycles. The molecule has 22 heavy (non-hydrogen) atoms.